The Kier molecular flexibility index (Phi) is 6.79. The number of halogens is 3. The average Bonchev–Trinajstić information content (AvgIpc) is 2.81. The molecule has 4 rings (SSSR count). The van der Waals surface area contributed by atoms with Gasteiger partial charge in [-0.05, 0) is 69.7 Å². The number of aromatic nitrogens is 2. The van der Waals surface area contributed by atoms with E-state index in [1.165, 1.54) is 7.11 Å². The molecule has 0 saturated heterocycles. The van der Waals surface area contributed by atoms with E-state index in [2.05, 4.69) is 17.2 Å². The summed E-state index contributed by atoms with van der Waals surface area (Å²) in [6, 6.07) is 5.03. The second-order valence-electron chi connectivity index (χ2n) is 9.34. The summed E-state index contributed by atoms with van der Waals surface area (Å²) in [5, 5.41) is 3.41. The molecule has 35 heavy (non-hydrogen) atoms. The van der Waals surface area contributed by atoms with Gasteiger partial charge in [0.25, 0.3) is 0 Å². The number of allylic oxidation sites excluding steroid dienone is 2. The number of nitrogens with zero attached hydrogens (tertiary/aromatic N) is 3. The number of nitrogens with one attached hydrogen (secondary N) is 1. The fraction of sp³-hybridized carbons (Fsp3) is 0.500. The van der Waals surface area contributed by atoms with Gasteiger partial charge >= 0.3 is 12.3 Å². The number of hydrogen-bond acceptors (Lipinski definition) is 5. The van der Waals surface area contributed by atoms with Crippen molar-refractivity contribution < 1.29 is 22.7 Å². The maximum absolute atomic E-state index is 13.1. The Balaban J connectivity index is 1.73. The molecular formula is C26H31F3N4O2. The van der Waals surface area contributed by atoms with Crippen molar-refractivity contribution in [1.29, 1.82) is 0 Å². The van der Waals surface area contributed by atoms with Crippen molar-refractivity contribution in [3.63, 3.8) is 0 Å². The highest BCUT2D eigenvalue weighted by atomic mass is 19.4. The first-order valence-electron chi connectivity index (χ1n) is 12.0. The molecule has 0 radical (unpaired) electrons. The zero-order valence-electron chi connectivity index (χ0n) is 20.6. The molecule has 0 bridgehead atoms. The number of hydrogen-bond donors (Lipinski definition) is 1. The fourth-order valence-electron chi connectivity index (χ4n) is 4.97. The molecule has 2 aliphatic rings. The predicted molar refractivity (Wildman–Crippen MR) is 128 cm³/mol. The van der Waals surface area contributed by atoms with Crippen LogP contribution in [0.4, 0.5) is 29.5 Å². The zero-order chi connectivity index (χ0) is 25.4. The topological polar surface area (TPSA) is 67.4 Å². The monoisotopic (exact) mass is 488 g/mol. The van der Waals surface area contributed by atoms with Crippen molar-refractivity contribution in [3.8, 4) is 0 Å². The van der Waals surface area contributed by atoms with Gasteiger partial charge in [-0.25, -0.2) is 9.78 Å². The molecule has 0 unspecified atom stereocenters. The summed E-state index contributed by atoms with van der Waals surface area (Å²) in [6.07, 6.45) is 1.17. The number of carbonyl (C=O) groups is 1. The molecule has 2 aromatic rings. The summed E-state index contributed by atoms with van der Waals surface area (Å²) in [5.74, 6) is 0.418. The van der Waals surface area contributed by atoms with E-state index in [1.54, 1.807) is 11.8 Å². The fourth-order valence-corrected chi connectivity index (χ4v) is 4.97. The summed E-state index contributed by atoms with van der Waals surface area (Å²) in [5.41, 5.74) is 3.91. The van der Waals surface area contributed by atoms with E-state index in [1.807, 2.05) is 19.1 Å². The molecule has 1 aliphatic carbocycles. The molecule has 2 aromatic heterocycles. The summed E-state index contributed by atoms with van der Waals surface area (Å²) >= 11 is 0. The third kappa shape index (κ3) is 4.60. The van der Waals surface area contributed by atoms with Crippen LogP contribution in [0.5, 0.6) is 0 Å². The van der Waals surface area contributed by atoms with Gasteiger partial charge < -0.3 is 10.1 Å². The van der Waals surface area contributed by atoms with Crippen molar-refractivity contribution in [3.05, 3.63) is 58.2 Å². The largest absolute Gasteiger partial charge is 0.452 e. The molecule has 3 heterocycles. The maximum Gasteiger partial charge on any atom is 0.417 e. The number of aryl methyl sites for hydroxylation is 2. The van der Waals surface area contributed by atoms with Gasteiger partial charge in [0.15, 0.2) is 0 Å². The molecule has 1 aliphatic heterocycles. The minimum Gasteiger partial charge on any atom is -0.452 e. The lowest BCUT2D eigenvalue weighted by Gasteiger charge is -2.45. The molecule has 1 N–H and O–H groups in total. The first-order valence-corrected chi connectivity index (χ1v) is 12.0. The zero-order valence-corrected chi connectivity index (χ0v) is 20.6. The van der Waals surface area contributed by atoms with Gasteiger partial charge in [-0.1, -0.05) is 18.9 Å². The van der Waals surface area contributed by atoms with Gasteiger partial charge in [-0.3, -0.25) is 9.88 Å². The number of methoxy groups -OCH3 is 1. The van der Waals surface area contributed by atoms with E-state index in [-0.39, 0.29) is 5.41 Å². The minimum absolute atomic E-state index is 0.376. The second kappa shape index (κ2) is 9.51. The number of carbonyl (C=O) groups excluding carboxylic acids is 1. The van der Waals surface area contributed by atoms with Crippen molar-refractivity contribution in [1.82, 2.24) is 9.97 Å². The highest BCUT2D eigenvalue weighted by Gasteiger charge is 2.45. The smallest absolute Gasteiger partial charge is 0.417 e. The number of fused-ring (bicyclic) bond motifs is 1. The third-order valence-corrected chi connectivity index (χ3v) is 7.21. The molecule has 0 atom stereocenters. The van der Waals surface area contributed by atoms with Crippen LogP contribution in [-0.2, 0) is 22.7 Å². The van der Waals surface area contributed by atoms with E-state index in [0.717, 1.165) is 79.1 Å². The van der Waals surface area contributed by atoms with Crippen LogP contribution in [0.25, 0.3) is 0 Å². The van der Waals surface area contributed by atoms with Crippen LogP contribution < -0.4 is 10.2 Å². The van der Waals surface area contributed by atoms with E-state index in [4.69, 9.17) is 9.72 Å². The van der Waals surface area contributed by atoms with E-state index >= 15 is 0 Å². The normalized spacial score (nSPS) is 17.7. The van der Waals surface area contributed by atoms with Gasteiger partial charge in [0.2, 0.25) is 0 Å². The summed E-state index contributed by atoms with van der Waals surface area (Å²) in [6.45, 7) is 6.33. The van der Waals surface area contributed by atoms with Crippen LogP contribution in [0.3, 0.4) is 0 Å². The first kappa shape index (κ1) is 25.0. The highest BCUT2D eigenvalue weighted by molar-refractivity contribution is 5.88. The molecule has 188 valence electrons. The number of pyridine rings is 2. The van der Waals surface area contributed by atoms with Crippen molar-refractivity contribution >= 4 is 17.6 Å². The van der Waals surface area contributed by atoms with Gasteiger partial charge in [-0.15, -0.1) is 0 Å². The summed E-state index contributed by atoms with van der Waals surface area (Å²) in [4.78, 5) is 23.0. The average molecular weight is 489 g/mol. The van der Waals surface area contributed by atoms with Crippen LogP contribution in [0.1, 0.15) is 68.5 Å². The quantitative estimate of drug-likeness (QED) is 0.518. The number of rotatable bonds is 5. The van der Waals surface area contributed by atoms with E-state index in [9.17, 15) is 18.0 Å². The molecule has 1 amide bonds. The van der Waals surface area contributed by atoms with Gasteiger partial charge in [0.1, 0.15) is 5.82 Å². The van der Waals surface area contributed by atoms with Crippen LogP contribution >= 0.6 is 0 Å². The van der Waals surface area contributed by atoms with Crippen LogP contribution in [0.2, 0.25) is 0 Å². The second-order valence-corrected chi connectivity index (χ2v) is 9.34. The van der Waals surface area contributed by atoms with Gasteiger partial charge in [0, 0.05) is 18.4 Å². The Morgan fingerprint density at radius 1 is 1.26 bits per heavy atom. The lowest BCUT2D eigenvalue weighted by molar-refractivity contribution is -0.137. The van der Waals surface area contributed by atoms with Crippen molar-refractivity contribution in [2.45, 2.75) is 70.9 Å². The molecule has 6 nitrogen and oxygen atoms in total. The first-order chi connectivity index (χ1) is 16.6. The lowest BCUT2D eigenvalue weighted by Crippen LogP contribution is -2.42. The lowest BCUT2D eigenvalue weighted by atomic mass is 9.63. The SMILES string of the molecule is CCC(C)=C(Nc1ncc(C(F)(F)F)cc1C)C1(c2ccc3c(n2)CCCN3C(=O)OC)CCC1. The number of anilines is 2. The summed E-state index contributed by atoms with van der Waals surface area (Å²) < 4.78 is 44.4. The summed E-state index contributed by atoms with van der Waals surface area (Å²) in [7, 11) is 1.37. The van der Waals surface area contributed by atoms with Crippen LogP contribution in [-0.4, -0.2) is 29.7 Å². The van der Waals surface area contributed by atoms with E-state index in [0.29, 0.717) is 17.9 Å². The van der Waals surface area contributed by atoms with Crippen LogP contribution in [0.15, 0.2) is 35.7 Å². The van der Waals surface area contributed by atoms with Crippen molar-refractivity contribution in [2.75, 3.05) is 23.9 Å². The molecular weight excluding hydrogens is 457 g/mol. The maximum atomic E-state index is 13.1. The number of amides is 1. The van der Waals surface area contributed by atoms with Gasteiger partial charge in [0.05, 0.1) is 35.2 Å². The predicted octanol–water partition coefficient (Wildman–Crippen LogP) is 6.54. The molecule has 9 heteroatoms. The molecule has 0 aromatic carbocycles. The highest BCUT2D eigenvalue weighted by Crippen LogP contribution is 2.50. The Morgan fingerprint density at radius 3 is 2.57 bits per heavy atom. The standard InChI is InChI=1S/C26H31F3N4O2/c1-5-16(2)22(32-23-17(3)14-18(15-30-23)26(27,28)29)25(11-7-12-25)21-10-9-20-19(31-21)8-6-13-33(20)24(34)35-4/h9-10,14-15H,5-8,11-13H2,1-4H3,(H,30,32). The molecule has 0 spiro atoms. The van der Waals surface area contributed by atoms with E-state index < -0.39 is 17.8 Å². The number of alkyl halides is 3. The Bertz CT molecular complexity index is 1160. The molecule has 1 fully saturated rings. The number of ether oxygens (including phenoxy) is 1. The Morgan fingerprint density at radius 2 is 2.00 bits per heavy atom. The minimum atomic E-state index is -4.44. The third-order valence-electron chi connectivity index (χ3n) is 7.21. The Labute approximate surface area is 203 Å². The van der Waals surface area contributed by atoms with Gasteiger partial charge in [-0.2, -0.15) is 13.2 Å². The Hall–Kier alpha value is -3.10. The van der Waals surface area contributed by atoms with Crippen LogP contribution in [0, 0.1) is 6.92 Å². The molecule has 1 saturated carbocycles. The van der Waals surface area contributed by atoms with Crippen molar-refractivity contribution in [2.24, 2.45) is 0 Å².